The summed E-state index contributed by atoms with van der Waals surface area (Å²) in [5.74, 6) is -1.65. The van der Waals surface area contributed by atoms with Gasteiger partial charge in [0.25, 0.3) is 0 Å². The van der Waals surface area contributed by atoms with Crippen LogP contribution in [-0.4, -0.2) is 7.11 Å². The molecule has 0 heterocycles. The minimum atomic E-state index is -0.777. The predicted molar refractivity (Wildman–Crippen MR) is 48.0 cm³/mol. The molecule has 0 radical (unpaired) electrons. The summed E-state index contributed by atoms with van der Waals surface area (Å²) in [5.41, 5.74) is -0.0556. The van der Waals surface area contributed by atoms with Gasteiger partial charge in [-0.3, -0.25) is 0 Å². The molecule has 0 fully saturated rings. The molecule has 1 aromatic carbocycles. The maximum Gasteiger partial charge on any atom is 0.184 e. The minimum absolute atomic E-state index is 0.0556. The van der Waals surface area contributed by atoms with Crippen molar-refractivity contribution in [3.8, 4) is 5.75 Å². The average Bonchev–Trinajstić information content (AvgIpc) is 2.12. The van der Waals surface area contributed by atoms with Gasteiger partial charge in [0.2, 0.25) is 0 Å². The van der Waals surface area contributed by atoms with E-state index >= 15 is 0 Å². The average molecular weight is 205 g/mol. The first kappa shape index (κ1) is 9.99. The SMILES string of the molecule is C=Cc1c(F)cc(OC)c(F)c1Cl. The number of hydrogen-bond acceptors (Lipinski definition) is 1. The van der Waals surface area contributed by atoms with Gasteiger partial charge in [-0.2, -0.15) is 0 Å². The minimum Gasteiger partial charge on any atom is -0.494 e. The fourth-order valence-electron chi connectivity index (χ4n) is 0.923. The Balaban J connectivity index is 3.45. The normalized spacial score (nSPS) is 9.85. The summed E-state index contributed by atoms with van der Waals surface area (Å²) in [5, 5.41) is -0.313. The Morgan fingerprint density at radius 1 is 1.54 bits per heavy atom. The van der Waals surface area contributed by atoms with Crippen LogP contribution in [-0.2, 0) is 0 Å². The molecule has 0 N–H and O–H groups in total. The van der Waals surface area contributed by atoms with E-state index in [1.807, 2.05) is 0 Å². The van der Waals surface area contributed by atoms with E-state index in [2.05, 4.69) is 11.3 Å². The van der Waals surface area contributed by atoms with Crippen LogP contribution in [0.3, 0.4) is 0 Å². The first-order valence-electron chi connectivity index (χ1n) is 3.45. The molecule has 0 aromatic heterocycles. The fourth-order valence-corrected chi connectivity index (χ4v) is 1.18. The van der Waals surface area contributed by atoms with Crippen molar-refractivity contribution in [2.75, 3.05) is 7.11 Å². The van der Waals surface area contributed by atoms with Gasteiger partial charge in [-0.25, -0.2) is 8.78 Å². The van der Waals surface area contributed by atoms with Crippen molar-refractivity contribution in [3.05, 3.63) is 34.9 Å². The molecule has 0 unspecified atom stereocenters. The van der Waals surface area contributed by atoms with Gasteiger partial charge in [0.05, 0.1) is 12.1 Å². The van der Waals surface area contributed by atoms with Crippen LogP contribution in [0, 0.1) is 11.6 Å². The molecule has 0 spiro atoms. The fraction of sp³-hybridized carbons (Fsp3) is 0.111. The van der Waals surface area contributed by atoms with Crippen LogP contribution in [0.4, 0.5) is 8.78 Å². The Bertz CT molecular complexity index is 350. The van der Waals surface area contributed by atoms with E-state index in [-0.39, 0.29) is 16.3 Å². The molecule has 0 atom stereocenters. The number of hydrogen-bond donors (Lipinski definition) is 0. The first-order valence-corrected chi connectivity index (χ1v) is 3.83. The maximum absolute atomic E-state index is 13.2. The third-order valence-electron chi connectivity index (χ3n) is 1.58. The van der Waals surface area contributed by atoms with Crippen LogP contribution in [0.5, 0.6) is 5.75 Å². The van der Waals surface area contributed by atoms with E-state index in [9.17, 15) is 8.78 Å². The van der Waals surface area contributed by atoms with E-state index in [0.29, 0.717) is 0 Å². The maximum atomic E-state index is 13.2. The van der Waals surface area contributed by atoms with Gasteiger partial charge in [0.1, 0.15) is 5.82 Å². The summed E-state index contributed by atoms with van der Waals surface area (Å²) in [7, 11) is 1.24. The number of methoxy groups -OCH3 is 1. The largest absolute Gasteiger partial charge is 0.494 e. The van der Waals surface area contributed by atoms with Crippen LogP contribution in [0.1, 0.15) is 5.56 Å². The number of ether oxygens (including phenoxy) is 1. The van der Waals surface area contributed by atoms with E-state index < -0.39 is 11.6 Å². The first-order chi connectivity index (χ1) is 6.11. The number of rotatable bonds is 2. The monoisotopic (exact) mass is 204 g/mol. The Hall–Kier alpha value is -1.09. The van der Waals surface area contributed by atoms with Gasteiger partial charge in [-0.15, -0.1) is 0 Å². The van der Waals surface area contributed by atoms with Gasteiger partial charge >= 0.3 is 0 Å². The molecule has 0 bridgehead atoms. The Morgan fingerprint density at radius 3 is 2.62 bits per heavy atom. The molecule has 13 heavy (non-hydrogen) atoms. The zero-order chi connectivity index (χ0) is 10.0. The van der Waals surface area contributed by atoms with Crippen LogP contribution in [0.15, 0.2) is 12.6 Å². The highest BCUT2D eigenvalue weighted by atomic mass is 35.5. The zero-order valence-corrected chi connectivity index (χ0v) is 7.66. The van der Waals surface area contributed by atoms with Crippen molar-refractivity contribution < 1.29 is 13.5 Å². The van der Waals surface area contributed by atoms with E-state index in [1.165, 1.54) is 7.11 Å². The van der Waals surface area contributed by atoms with Gasteiger partial charge in [-0.1, -0.05) is 24.3 Å². The zero-order valence-electron chi connectivity index (χ0n) is 6.90. The van der Waals surface area contributed by atoms with Crippen LogP contribution in [0.25, 0.3) is 6.08 Å². The van der Waals surface area contributed by atoms with Crippen molar-refractivity contribution in [2.24, 2.45) is 0 Å². The lowest BCUT2D eigenvalue weighted by Crippen LogP contribution is -1.94. The Labute approximate surface area is 79.6 Å². The van der Waals surface area contributed by atoms with Crippen molar-refractivity contribution in [1.82, 2.24) is 0 Å². The molecule has 0 aliphatic rings. The lowest BCUT2D eigenvalue weighted by molar-refractivity contribution is 0.382. The lowest BCUT2D eigenvalue weighted by atomic mass is 10.2. The van der Waals surface area contributed by atoms with Crippen molar-refractivity contribution in [1.29, 1.82) is 0 Å². The molecule has 0 saturated heterocycles. The Morgan fingerprint density at radius 2 is 2.15 bits per heavy atom. The van der Waals surface area contributed by atoms with Gasteiger partial charge in [0, 0.05) is 11.6 Å². The molecular weight excluding hydrogens is 198 g/mol. The third kappa shape index (κ3) is 1.65. The van der Waals surface area contributed by atoms with Crippen molar-refractivity contribution >= 4 is 17.7 Å². The van der Waals surface area contributed by atoms with Crippen LogP contribution >= 0.6 is 11.6 Å². The summed E-state index contributed by atoms with van der Waals surface area (Å²) in [6.45, 7) is 3.32. The van der Waals surface area contributed by atoms with Crippen molar-refractivity contribution in [2.45, 2.75) is 0 Å². The van der Waals surface area contributed by atoms with Crippen LogP contribution < -0.4 is 4.74 Å². The van der Waals surface area contributed by atoms with E-state index in [1.54, 1.807) is 0 Å². The van der Waals surface area contributed by atoms with Crippen LogP contribution in [0.2, 0.25) is 5.02 Å². The second-order valence-corrected chi connectivity index (χ2v) is 2.68. The van der Waals surface area contributed by atoms with E-state index in [0.717, 1.165) is 12.1 Å². The summed E-state index contributed by atoms with van der Waals surface area (Å²) < 4.78 is 30.8. The molecule has 0 amide bonds. The van der Waals surface area contributed by atoms with Gasteiger partial charge in [0.15, 0.2) is 11.6 Å². The summed E-state index contributed by atoms with van der Waals surface area (Å²) in [6, 6.07) is 0.929. The van der Waals surface area contributed by atoms with Gasteiger partial charge in [-0.05, 0) is 0 Å². The highest BCUT2D eigenvalue weighted by molar-refractivity contribution is 6.32. The summed E-state index contributed by atoms with van der Waals surface area (Å²) >= 11 is 5.52. The number of benzene rings is 1. The molecule has 1 aromatic rings. The quantitative estimate of drug-likeness (QED) is 0.672. The Kier molecular flexibility index (Phi) is 2.88. The molecule has 70 valence electrons. The molecule has 0 saturated carbocycles. The smallest absolute Gasteiger partial charge is 0.184 e. The topological polar surface area (TPSA) is 9.23 Å². The second kappa shape index (κ2) is 3.75. The van der Waals surface area contributed by atoms with E-state index in [4.69, 9.17) is 11.6 Å². The molecule has 1 rings (SSSR count). The highest BCUT2D eigenvalue weighted by Gasteiger charge is 2.15. The highest BCUT2D eigenvalue weighted by Crippen LogP contribution is 2.30. The molecule has 1 nitrogen and oxygen atoms in total. The molecule has 0 aliphatic heterocycles. The summed E-state index contributed by atoms with van der Waals surface area (Å²) in [6.07, 6.45) is 1.15. The molecule has 4 heteroatoms. The standard InChI is InChI=1S/C9H7ClF2O/c1-3-5-6(11)4-7(13-2)9(12)8(5)10/h3-4H,1H2,2H3. The second-order valence-electron chi connectivity index (χ2n) is 2.31. The molecule has 0 aliphatic carbocycles. The number of halogens is 3. The third-order valence-corrected chi connectivity index (χ3v) is 1.95. The van der Waals surface area contributed by atoms with Gasteiger partial charge < -0.3 is 4.74 Å². The van der Waals surface area contributed by atoms with Crippen molar-refractivity contribution in [3.63, 3.8) is 0 Å². The summed E-state index contributed by atoms with van der Waals surface area (Å²) in [4.78, 5) is 0. The predicted octanol–water partition coefficient (Wildman–Crippen LogP) is 3.27. The molecular formula is C9H7ClF2O. The lowest BCUT2D eigenvalue weighted by Gasteiger charge is -2.06.